The molecule has 1 amide bonds. The molecule has 1 N–H and O–H groups in total. The third-order valence-electron chi connectivity index (χ3n) is 6.06. The fraction of sp³-hybridized carbons (Fsp3) is 0.179. The lowest BCUT2D eigenvalue weighted by molar-refractivity contribution is -0.125. The monoisotopic (exact) mass is 544 g/mol. The molecule has 1 aliphatic heterocycles. The van der Waals surface area contributed by atoms with Crippen molar-refractivity contribution in [2.45, 2.75) is 33.1 Å². The molecular formula is C28H25BrN4O3. The van der Waals surface area contributed by atoms with Crippen LogP contribution >= 0.6 is 15.9 Å². The quantitative estimate of drug-likeness (QED) is 0.305. The molecule has 2 heterocycles. The second-order valence-corrected chi connectivity index (χ2v) is 9.43. The van der Waals surface area contributed by atoms with E-state index in [4.69, 9.17) is 9.57 Å². The number of carbonyl (C=O) groups excluding carboxylic acids is 1. The maximum atomic E-state index is 13.0. The van der Waals surface area contributed by atoms with Gasteiger partial charge in [0.1, 0.15) is 5.75 Å². The summed E-state index contributed by atoms with van der Waals surface area (Å²) < 4.78 is 8.83. The minimum Gasteiger partial charge on any atom is -0.471 e. The molecule has 5 rings (SSSR count). The Hall–Kier alpha value is -3.91. The van der Waals surface area contributed by atoms with Crippen LogP contribution in [0.25, 0.3) is 11.1 Å². The molecule has 0 spiro atoms. The molecule has 0 saturated carbocycles. The van der Waals surface area contributed by atoms with Crippen molar-refractivity contribution in [2.24, 2.45) is 5.16 Å². The number of amides is 1. The fourth-order valence-corrected chi connectivity index (χ4v) is 4.54. The van der Waals surface area contributed by atoms with Crippen LogP contribution in [-0.4, -0.2) is 27.5 Å². The van der Waals surface area contributed by atoms with Gasteiger partial charge in [0.2, 0.25) is 6.10 Å². The number of aryl methyl sites for hydroxylation is 1. The normalized spacial score (nSPS) is 14.8. The average Bonchev–Trinajstić information content (AvgIpc) is 3.49. The molecule has 1 aromatic heterocycles. The van der Waals surface area contributed by atoms with Crippen molar-refractivity contribution in [3.63, 3.8) is 0 Å². The van der Waals surface area contributed by atoms with E-state index >= 15 is 0 Å². The highest BCUT2D eigenvalue weighted by Crippen LogP contribution is 2.30. The Bertz CT molecular complexity index is 1430. The lowest BCUT2D eigenvalue weighted by Crippen LogP contribution is -2.28. The van der Waals surface area contributed by atoms with Crippen molar-refractivity contribution in [2.75, 3.05) is 5.32 Å². The largest absolute Gasteiger partial charge is 0.471 e. The Balaban J connectivity index is 1.25. The van der Waals surface area contributed by atoms with Crippen molar-refractivity contribution in [3.8, 4) is 16.9 Å². The van der Waals surface area contributed by atoms with Gasteiger partial charge in [0.25, 0.3) is 5.91 Å². The van der Waals surface area contributed by atoms with E-state index in [1.807, 2.05) is 80.6 Å². The molecule has 182 valence electrons. The molecule has 1 atom stereocenters. The summed E-state index contributed by atoms with van der Waals surface area (Å²) in [5.74, 6) is 0.503. The smallest absolute Gasteiger partial charge is 0.268 e. The molecule has 0 aliphatic carbocycles. The Morgan fingerprint density at radius 2 is 1.81 bits per heavy atom. The zero-order chi connectivity index (χ0) is 25.1. The van der Waals surface area contributed by atoms with Gasteiger partial charge in [-0.05, 0) is 37.6 Å². The van der Waals surface area contributed by atoms with Crippen molar-refractivity contribution in [3.05, 3.63) is 100 Å². The van der Waals surface area contributed by atoms with E-state index < -0.39 is 6.10 Å². The summed E-state index contributed by atoms with van der Waals surface area (Å²) >= 11 is 3.46. The summed E-state index contributed by atoms with van der Waals surface area (Å²) in [6, 6.07) is 25.8. The van der Waals surface area contributed by atoms with Crippen LogP contribution in [0.4, 0.5) is 5.69 Å². The summed E-state index contributed by atoms with van der Waals surface area (Å²) in [7, 11) is 0. The third kappa shape index (κ3) is 5.04. The lowest BCUT2D eigenvalue weighted by Gasteiger charge is -2.13. The first kappa shape index (κ1) is 23.8. The van der Waals surface area contributed by atoms with Gasteiger partial charge in [-0.2, -0.15) is 5.10 Å². The Morgan fingerprint density at radius 3 is 2.61 bits per heavy atom. The third-order valence-corrected chi connectivity index (χ3v) is 6.56. The number of aromatic nitrogens is 2. The maximum absolute atomic E-state index is 13.0. The van der Waals surface area contributed by atoms with Crippen LogP contribution in [-0.2, 0) is 16.4 Å². The molecule has 0 radical (unpaired) electrons. The van der Waals surface area contributed by atoms with E-state index in [0.29, 0.717) is 17.8 Å². The SMILES string of the molecule is Cc1nn(COc2ccccc2-c2ccccc2)c(C)c1NC(=O)C1CC(c2cccc(Br)c2)=NO1. The van der Waals surface area contributed by atoms with Gasteiger partial charge < -0.3 is 14.9 Å². The van der Waals surface area contributed by atoms with Gasteiger partial charge in [0.15, 0.2) is 6.73 Å². The molecule has 36 heavy (non-hydrogen) atoms. The highest BCUT2D eigenvalue weighted by Gasteiger charge is 2.30. The van der Waals surface area contributed by atoms with E-state index in [1.54, 1.807) is 4.68 Å². The molecular weight excluding hydrogens is 520 g/mol. The summed E-state index contributed by atoms with van der Waals surface area (Å²) in [4.78, 5) is 18.4. The first-order chi connectivity index (χ1) is 17.5. The molecule has 0 saturated heterocycles. The first-order valence-corrected chi connectivity index (χ1v) is 12.4. The number of nitrogens with zero attached hydrogens (tertiary/aromatic N) is 3. The van der Waals surface area contributed by atoms with Crippen LogP contribution in [0.1, 0.15) is 23.4 Å². The predicted octanol–water partition coefficient (Wildman–Crippen LogP) is 6.10. The Kier molecular flexibility index (Phi) is 6.86. The van der Waals surface area contributed by atoms with Gasteiger partial charge in [-0.3, -0.25) is 4.79 Å². The number of halogens is 1. The van der Waals surface area contributed by atoms with Gasteiger partial charge in [-0.15, -0.1) is 0 Å². The van der Waals surface area contributed by atoms with E-state index in [-0.39, 0.29) is 12.6 Å². The first-order valence-electron chi connectivity index (χ1n) is 11.6. The number of hydrogen-bond acceptors (Lipinski definition) is 5. The van der Waals surface area contributed by atoms with Crippen LogP contribution in [0.5, 0.6) is 5.75 Å². The molecule has 3 aromatic carbocycles. The van der Waals surface area contributed by atoms with Crippen molar-refractivity contribution in [1.29, 1.82) is 0 Å². The van der Waals surface area contributed by atoms with E-state index in [2.05, 4.69) is 43.6 Å². The molecule has 1 unspecified atom stereocenters. The van der Waals surface area contributed by atoms with Crippen LogP contribution in [0.15, 0.2) is 88.5 Å². The highest BCUT2D eigenvalue weighted by molar-refractivity contribution is 9.10. The number of benzene rings is 3. The van der Waals surface area contributed by atoms with Gasteiger partial charge in [0, 0.05) is 22.0 Å². The lowest BCUT2D eigenvalue weighted by atomic mass is 10.0. The number of carbonyl (C=O) groups is 1. The van der Waals surface area contributed by atoms with Crippen molar-refractivity contribution >= 4 is 33.2 Å². The van der Waals surface area contributed by atoms with Gasteiger partial charge in [-0.1, -0.05) is 81.7 Å². The maximum Gasteiger partial charge on any atom is 0.268 e. The minimum absolute atomic E-state index is 0.211. The summed E-state index contributed by atoms with van der Waals surface area (Å²) in [5, 5.41) is 11.7. The van der Waals surface area contributed by atoms with Gasteiger partial charge in [-0.25, -0.2) is 4.68 Å². The fourth-order valence-electron chi connectivity index (χ4n) is 4.14. The number of nitrogens with one attached hydrogen (secondary N) is 1. The van der Waals surface area contributed by atoms with Crippen LogP contribution in [0.3, 0.4) is 0 Å². The van der Waals surface area contributed by atoms with Crippen molar-refractivity contribution in [1.82, 2.24) is 9.78 Å². The van der Waals surface area contributed by atoms with E-state index in [1.165, 1.54) is 0 Å². The summed E-state index contributed by atoms with van der Waals surface area (Å²) in [6.07, 6.45) is -0.302. The zero-order valence-electron chi connectivity index (χ0n) is 19.9. The number of oxime groups is 1. The van der Waals surface area contributed by atoms with Gasteiger partial charge in [0.05, 0.1) is 22.8 Å². The van der Waals surface area contributed by atoms with Crippen LogP contribution in [0, 0.1) is 13.8 Å². The molecule has 8 heteroatoms. The zero-order valence-corrected chi connectivity index (χ0v) is 21.5. The number of para-hydroxylation sites is 1. The number of anilines is 1. The molecule has 1 aliphatic rings. The van der Waals surface area contributed by atoms with E-state index in [0.717, 1.165) is 38.3 Å². The summed E-state index contributed by atoms with van der Waals surface area (Å²) in [6.45, 7) is 3.97. The highest BCUT2D eigenvalue weighted by atomic mass is 79.9. The standard InChI is InChI=1S/C28H25BrN4O3/c1-18-27(30-28(34)26-16-24(32-36-26)21-11-8-12-22(29)15-21)19(2)33(31-18)17-35-25-14-7-6-13-23(25)20-9-4-3-5-10-20/h3-15,26H,16-17H2,1-2H3,(H,30,34). The number of ether oxygens (including phenoxy) is 1. The second-order valence-electron chi connectivity index (χ2n) is 8.52. The average molecular weight is 545 g/mol. The summed E-state index contributed by atoms with van der Waals surface area (Å²) in [5.41, 5.74) is 5.90. The number of hydrogen-bond donors (Lipinski definition) is 1. The molecule has 4 aromatic rings. The Morgan fingerprint density at radius 1 is 1.06 bits per heavy atom. The second kappa shape index (κ2) is 10.4. The van der Waals surface area contributed by atoms with Crippen molar-refractivity contribution < 1.29 is 14.4 Å². The molecule has 7 nitrogen and oxygen atoms in total. The Labute approximate surface area is 217 Å². The van der Waals surface area contributed by atoms with Crippen LogP contribution in [0.2, 0.25) is 0 Å². The van der Waals surface area contributed by atoms with Crippen LogP contribution < -0.4 is 10.1 Å². The number of rotatable bonds is 7. The predicted molar refractivity (Wildman–Crippen MR) is 143 cm³/mol. The van der Waals surface area contributed by atoms with Gasteiger partial charge >= 0.3 is 0 Å². The molecule has 0 bridgehead atoms. The minimum atomic E-state index is -0.699. The van der Waals surface area contributed by atoms with E-state index in [9.17, 15) is 4.79 Å². The molecule has 0 fully saturated rings. The topological polar surface area (TPSA) is 77.7 Å².